The van der Waals surface area contributed by atoms with Crippen LogP contribution in [0.5, 0.6) is 0 Å². The fraction of sp³-hybridized carbons (Fsp3) is 0.0455. The van der Waals surface area contributed by atoms with Crippen LogP contribution in [0.3, 0.4) is 0 Å². The topological polar surface area (TPSA) is 19.7 Å². The number of pyridine rings is 1. The van der Waals surface area contributed by atoms with Crippen molar-refractivity contribution in [1.82, 2.24) is 4.98 Å². The van der Waals surface area contributed by atoms with Gasteiger partial charge >= 0.3 is 0 Å². The fourth-order valence-corrected chi connectivity index (χ4v) is 3.61. The van der Waals surface area contributed by atoms with E-state index in [4.69, 9.17) is 0 Å². The number of nitrogens with zero attached hydrogens (tertiary/aromatic N) is 1. The summed E-state index contributed by atoms with van der Waals surface area (Å²) in [6, 6.07) is 25.7. The summed E-state index contributed by atoms with van der Waals surface area (Å²) < 4.78 is 15.6. The van der Waals surface area contributed by atoms with Gasteiger partial charge < -0.3 is 17.4 Å². The number of hydrogen-bond donors (Lipinski definition) is 1. The summed E-state index contributed by atoms with van der Waals surface area (Å²) in [4.78, 5) is 3.52. The monoisotopic (exact) mass is 362 g/mol. The molecule has 0 spiro atoms. The molecular weight excluding hydrogens is 347 g/mol. The van der Waals surface area contributed by atoms with Gasteiger partial charge in [0.25, 0.3) is 0 Å². The normalized spacial score (nSPS) is 11.1. The minimum atomic E-state index is -0.205. The van der Waals surface area contributed by atoms with Gasteiger partial charge in [-0.05, 0) is 48.5 Å². The lowest BCUT2D eigenvalue weighted by Crippen LogP contribution is -3.00. The third-order valence-electron chi connectivity index (χ3n) is 4.76. The van der Waals surface area contributed by atoms with Gasteiger partial charge in [-0.15, -0.1) is 0 Å². The first-order chi connectivity index (χ1) is 12.3. The van der Waals surface area contributed by atoms with Gasteiger partial charge in [-0.3, -0.25) is 0 Å². The van der Waals surface area contributed by atoms with Crippen molar-refractivity contribution in [2.45, 2.75) is 6.54 Å². The predicted molar refractivity (Wildman–Crippen MR) is 99.0 cm³/mol. The van der Waals surface area contributed by atoms with Gasteiger partial charge in [0.1, 0.15) is 11.3 Å². The summed E-state index contributed by atoms with van der Waals surface area (Å²) in [6.45, 7) is 0.694. The lowest BCUT2D eigenvalue weighted by Gasteiger charge is -2.04. The van der Waals surface area contributed by atoms with Crippen LogP contribution in [0.4, 0.5) is 4.39 Å². The van der Waals surface area contributed by atoms with Crippen molar-refractivity contribution in [2.24, 2.45) is 0 Å². The molecule has 0 amide bonds. The van der Waals surface area contributed by atoms with Gasteiger partial charge in [0.15, 0.2) is 6.54 Å². The number of H-pyrrole nitrogens is 1. The van der Waals surface area contributed by atoms with E-state index in [0.29, 0.717) is 6.54 Å². The minimum Gasteiger partial charge on any atom is -1.00 e. The van der Waals surface area contributed by atoms with Crippen molar-refractivity contribution in [3.8, 4) is 0 Å². The summed E-state index contributed by atoms with van der Waals surface area (Å²) in [5, 5.41) is 2.38. The number of nitrogens with one attached hydrogen (secondary N) is 1. The third-order valence-corrected chi connectivity index (χ3v) is 4.76. The second-order valence-corrected chi connectivity index (χ2v) is 6.35. The van der Waals surface area contributed by atoms with Gasteiger partial charge in [0, 0.05) is 17.0 Å². The highest BCUT2D eigenvalue weighted by atomic mass is 35.5. The lowest BCUT2D eigenvalue weighted by molar-refractivity contribution is -0.635. The smallest absolute Gasteiger partial charge is 0.239 e. The molecule has 128 valence electrons. The molecule has 0 radical (unpaired) electrons. The summed E-state index contributed by atoms with van der Waals surface area (Å²) >= 11 is 0. The van der Waals surface area contributed by atoms with Crippen molar-refractivity contribution in [2.75, 3.05) is 0 Å². The van der Waals surface area contributed by atoms with E-state index >= 15 is 0 Å². The Balaban J connectivity index is 0.00000168. The van der Waals surface area contributed by atoms with Gasteiger partial charge in [0.05, 0.1) is 10.9 Å². The Kier molecular flexibility index (Phi) is 4.09. The average Bonchev–Trinajstić information content (AvgIpc) is 3.01. The van der Waals surface area contributed by atoms with E-state index in [0.717, 1.165) is 16.6 Å². The zero-order valence-corrected chi connectivity index (χ0v) is 14.7. The van der Waals surface area contributed by atoms with E-state index < -0.39 is 0 Å². The van der Waals surface area contributed by atoms with Crippen molar-refractivity contribution in [3.05, 3.63) is 90.2 Å². The van der Waals surface area contributed by atoms with Crippen LogP contribution in [0.25, 0.3) is 32.8 Å². The number of fused-ring (bicyclic) bond motifs is 4. The van der Waals surface area contributed by atoms with Crippen molar-refractivity contribution in [1.29, 1.82) is 0 Å². The average molecular weight is 363 g/mol. The van der Waals surface area contributed by atoms with Gasteiger partial charge in [-0.1, -0.05) is 24.3 Å². The number of rotatable bonds is 2. The maximum atomic E-state index is 13.3. The standard InChI is InChI=1S/C22H15FN2.ClH/c23-17-11-9-15(10-12-17)14-25-21-8-4-1-5-16(21)13-20-22(25)18-6-2-3-7-19(18)24-20;/h1-13H,14H2;1H. The molecule has 26 heavy (non-hydrogen) atoms. The summed E-state index contributed by atoms with van der Waals surface area (Å²) in [5.74, 6) is -0.205. The minimum absolute atomic E-state index is 0. The SMILES string of the molecule is Fc1ccc(C[n+]2c3ccccc3cc3[nH]c4ccccc4c32)cc1.[Cl-]. The summed E-state index contributed by atoms with van der Waals surface area (Å²) in [7, 11) is 0. The highest BCUT2D eigenvalue weighted by Gasteiger charge is 2.20. The van der Waals surface area contributed by atoms with E-state index in [-0.39, 0.29) is 18.2 Å². The zero-order valence-electron chi connectivity index (χ0n) is 13.9. The molecule has 4 heteroatoms. The molecule has 0 unspecified atom stereocenters. The number of benzene rings is 3. The third kappa shape index (κ3) is 2.61. The number of halogens is 2. The molecule has 5 aromatic rings. The number of aromatic amines is 1. The maximum Gasteiger partial charge on any atom is 0.239 e. The van der Waals surface area contributed by atoms with Crippen molar-refractivity contribution < 1.29 is 21.4 Å². The largest absolute Gasteiger partial charge is 1.00 e. The molecule has 0 saturated heterocycles. The molecule has 0 aliphatic carbocycles. The first kappa shape index (κ1) is 16.6. The van der Waals surface area contributed by atoms with Crippen LogP contribution in [0.1, 0.15) is 5.56 Å². The molecular formula is C22H16ClFN2. The Morgan fingerprint density at radius 1 is 0.808 bits per heavy atom. The van der Waals surface area contributed by atoms with Crippen molar-refractivity contribution in [3.63, 3.8) is 0 Å². The van der Waals surface area contributed by atoms with Gasteiger partial charge in [0.2, 0.25) is 11.0 Å². The molecule has 0 atom stereocenters. The van der Waals surface area contributed by atoms with Crippen molar-refractivity contribution >= 4 is 32.8 Å². The van der Waals surface area contributed by atoms with Crippen LogP contribution in [-0.2, 0) is 6.54 Å². The Labute approximate surface area is 156 Å². The summed E-state index contributed by atoms with van der Waals surface area (Å²) in [6.07, 6.45) is 0. The highest BCUT2D eigenvalue weighted by molar-refractivity contribution is 6.05. The molecule has 5 rings (SSSR count). The zero-order chi connectivity index (χ0) is 16.8. The Morgan fingerprint density at radius 2 is 1.54 bits per heavy atom. The molecule has 2 heterocycles. The molecule has 1 N–H and O–H groups in total. The Bertz CT molecular complexity index is 1230. The van der Waals surface area contributed by atoms with E-state index in [9.17, 15) is 4.39 Å². The molecule has 0 aliphatic rings. The molecule has 0 fully saturated rings. The van der Waals surface area contributed by atoms with Gasteiger partial charge in [-0.2, -0.15) is 4.57 Å². The number of hydrogen-bond acceptors (Lipinski definition) is 0. The van der Waals surface area contributed by atoms with Crippen LogP contribution in [-0.4, -0.2) is 4.98 Å². The summed E-state index contributed by atoms with van der Waals surface area (Å²) in [5.41, 5.74) is 5.67. The highest BCUT2D eigenvalue weighted by Crippen LogP contribution is 2.26. The van der Waals surface area contributed by atoms with Crippen LogP contribution in [0.2, 0.25) is 0 Å². The van der Waals surface area contributed by atoms with Crippen LogP contribution in [0, 0.1) is 5.82 Å². The lowest BCUT2D eigenvalue weighted by atomic mass is 10.1. The van der Waals surface area contributed by atoms with E-state index in [1.54, 1.807) is 0 Å². The van der Waals surface area contributed by atoms with E-state index in [1.165, 1.54) is 33.9 Å². The van der Waals surface area contributed by atoms with E-state index in [1.807, 2.05) is 18.2 Å². The molecule has 2 nitrogen and oxygen atoms in total. The predicted octanol–water partition coefficient (Wildman–Crippen LogP) is 1.95. The molecule has 0 saturated carbocycles. The molecule has 3 aromatic carbocycles. The molecule has 0 aliphatic heterocycles. The van der Waals surface area contributed by atoms with Crippen LogP contribution >= 0.6 is 0 Å². The Hall–Kier alpha value is -2.91. The van der Waals surface area contributed by atoms with Gasteiger partial charge in [-0.25, -0.2) is 4.39 Å². The second kappa shape index (κ2) is 6.43. The maximum absolute atomic E-state index is 13.3. The molecule has 0 bridgehead atoms. The fourth-order valence-electron chi connectivity index (χ4n) is 3.61. The van der Waals surface area contributed by atoms with Crippen LogP contribution < -0.4 is 17.0 Å². The molecule has 2 aromatic heterocycles. The van der Waals surface area contributed by atoms with Crippen LogP contribution in [0.15, 0.2) is 78.9 Å². The first-order valence-corrected chi connectivity index (χ1v) is 8.36. The second-order valence-electron chi connectivity index (χ2n) is 6.35. The number of aromatic nitrogens is 2. The Morgan fingerprint density at radius 3 is 2.38 bits per heavy atom. The van der Waals surface area contributed by atoms with E-state index in [2.05, 4.69) is 58.1 Å². The first-order valence-electron chi connectivity index (χ1n) is 8.36. The number of para-hydroxylation sites is 2. The quantitative estimate of drug-likeness (QED) is 0.463.